The number of quaternary nitrogens is 1. The van der Waals surface area contributed by atoms with Gasteiger partial charge in [-0.3, -0.25) is 4.79 Å². The van der Waals surface area contributed by atoms with Crippen molar-refractivity contribution in [3.8, 4) is 5.75 Å². The van der Waals surface area contributed by atoms with Crippen LogP contribution in [0, 0.1) is 0 Å². The molecule has 1 aromatic carbocycles. The van der Waals surface area contributed by atoms with Gasteiger partial charge in [0, 0.05) is 5.56 Å². The van der Waals surface area contributed by atoms with Crippen molar-refractivity contribution in [3.63, 3.8) is 0 Å². The second-order valence-corrected chi connectivity index (χ2v) is 4.44. The van der Waals surface area contributed by atoms with Gasteiger partial charge in [0.25, 0.3) is 0 Å². The topological polar surface area (TPSA) is 63.2 Å². The Kier molecular flexibility index (Phi) is 5.65. The normalized spacial score (nSPS) is 12.3. The number of esters is 1. The van der Waals surface area contributed by atoms with Crippen LogP contribution in [0.1, 0.15) is 38.8 Å². The van der Waals surface area contributed by atoms with Crippen LogP contribution < -0.4 is 10.5 Å². The van der Waals surface area contributed by atoms with Crippen molar-refractivity contribution in [3.05, 3.63) is 29.8 Å². The zero-order chi connectivity index (χ0) is 13.5. The molecule has 0 saturated carbocycles. The first-order valence-electron chi connectivity index (χ1n) is 6.28. The minimum absolute atomic E-state index is 0.0860. The van der Waals surface area contributed by atoms with Gasteiger partial charge in [-0.25, -0.2) is 0 Å². The molecule has 0 spiro atoms. The lowest BCUT2D eigenvalue weighted by Crippen LogP contribution is -2.54. The van der Waals surface area contributed by atoms with E-state index in [0.717, 1.165) is 11.3 Å². The van der Waals surface area contributed by atoms with Gasteiger partial charge in [-0.05, 0) is 45.0 Å². The second kappa shape index (κ2) is 7.01. The van der Waals surface area contributed by atoms with Crippen molar-refractivity contribution >= 4 is 5.97 Å². The number of rotatable bonds is 6. The van der Waals surface area contributed by atoms with Gasteiger partial charge in [0.2, 0.25) is 0 Å². The standard InChI is InChI=1S/C14H21NO3/c1-4-17-14(16)9-13(15)11-5-7-12(8-6-11)18-10(2)3/h5-8,10,13H,4,9,15H2,1-3H3/p+1/t13-/m1/s1. The predicted octanol–water partition coefficient (Wildman–Crippen LogP) is 1.71. The molecule has 0 aliphatic carbocycles. The Morgan fingerprint density at radius 2 is 1.89 bits per heavy atom. The first-order valence-corrected chi connectivity index (χ1v) is 6.28. The van der Waals surface area contributed by atoms with Crippen molar-refractivity contribution in [1.29, 1.82) is 0 Å². The zero-order valence-corrected chi connectivity index (χ0v) is 11.3. The summed E-state index contributed by atoms with van der Waals surface area (Å²) in [5.41, 5.74) is 4.99. The Morgan fingerprint density at radius 1 is 1.28 bits per heavy atom. The van der Waals surface area contributed by atoms with Gasteiger partial charge in [0.15, 0.2) is 0 Å². The van der Waals surface area contributed by atoms with E-state index in [1.54, 1.807) is 6.92 Å². The Morgan fingerprint density at radius 3 is 2.39 bits per heavy atom. The number of ether oxygens (including phenoxy) is 2. The number of hydrogen-bond donors (Lipinski definition) is 1. The summed E-state index contributed by atoms with van der Waals surface area (Å²) in [5, 5.41) is 0. The highest BCUT2D eigenvalue weighted by atomic mass is 16.5. The van der Waals surface area contributed by atoms with E-state index in [1.165, 1.54) is 0 Å². The van der Waals surface area contributed by atoms with E-state index >= 15 is 0 Å². The molecule has 3 N–H and O–H groups in total. The fraction of sp³-hybridized carbons (Fsp3) is 0.500. The molecule has 100 valence electrons. The van der Waals surface area contributed by atoms with E-state index in [-0.39, 0.29) is 18.1 Å². The van der Waals surface area contributed by atoms with Crippen LogP contribution in [-0.4, -0.2) is 18.7 Å². The van der Waals surface area contributed by atoms with Crippen LogP contribution in [0.4, 0.5) is 0 Å². The lowest BCUT2D eigenvalue weighted by Gasteiger charge is -2.12. The maximum Gasteiger partial charge on any atom is 0.312 e. The molecule has 0 bridgehead atoms. The molecule has 0 amide bonds. The van der Waals surface area contributed by atoms with Gasteiger partial charge in [0.1, 0.15) is 18.2 Å². The highest BCUT2D eigenvalue weighted by molar-refractivity contribution is 5.70. The van der Waals surface area contributed by atoms with E-state index < -0.39 is 0 Å². The molecule has 0 unspecified atom stereocenters. The molecule has 1 atom stereocenters. The molecule has 0 aliphatic heterocycles. The highest BCUT2D eigenvalue weighted by Gasteiger charge is 2.15. The largest absolute Gasteiger partial charge is 0.491 e. The van der Waals surface area contributed by atoms with Gasteiger partial charge in [-0.15, -0.1) is 0 Å². The van der Waals surface area contributed by atoms with E-state index in [1.807, 2.05) is 38.1 Å². The van der Waals surface area contributed by atoms with Crippen LogP contribution >= 0.6 is 0 Å². The van der Waals surface area contributed by atoms with Gasteiger partial charge in [-0.2, -0.15) is 0 Å². The zero-order valence-electron chi connectivity index (χ0n) is 11.3. The van der Waals surface area contributed by atoms with Crippen LogP contribution in [0.15, 0.2) is 24.3 Å². The predicted molar refractivity (Wildman–Crippen MR) is 69.1 cm³/mol. The molecule has 0 radical (unpaired) electrons. The average Bonchev–Trinajstić information content (AvgIpc) is 2.29. The summed E-state index contributed by atoms with van der Waals surface area (Å²) in [6.07, 6.45) is 0.462. The number of carbonyl (C=O) groups is 1. The van der Waals surface area contributed by atoms with Crippen molar-refractivity contribution in [2.45, 2.75) is 39.3 Å². The Hall–Kier alpha value is -1.55. The van der Waals surface area contributed by atoms with Gasteiger partial charge in [0.05, 0.1) is 12.7 Å². The molecule has 0 aromatic heterocycles. The van der Waals surface area contributed by atoms with Crippen molar-refractivity contribution in [1.82, 2.24) is 0 Å². The maximum absolute atomic E-state index is 11.4. The SMILES string of the molecule is CCOC(=O)C[C@@H]([NH3+])c1ccc(OC(C)C)cc1. The smallest absolute Gasteiger partial charge is 0.312 e. The molecule has 4 heteroatoms. The molecule has 0 aliphatic rings. The number of benzene rings is 1. The minimum atomic E-state index is -0.208. The molecule has 4 nitrogen and oxygen atoms in total. The third kappa shape index (κ3) is 4.75. The average molecular weight is 252 g/mol. The third-order valence-electron chi connectivity index (χ3n) is 2.44. The second-order valence-electron chi connectivity index (χ2n) is 4.44. The minimum Gasteiger partial charge on any atom is -0.491 e. The Balaban J connectivity index is 2.58. The van der Waals surface area contributed by atoms with Gasteiger partial charge >= 0.3 is 5.97 Å². The summed E-state index contributed by atoms with van der Waals surface area (Å²) >= 11 is 0. The fourth-order valence-corrected chi connectivity index (χ4v) is 1.63. The lowest BCUT2D eigenvalue weighted by atomic mass is 10.0. The van der Waals surface area contributed by atoms with Crippen molar-refractivity contribution in [2.24, 2.45) is 0 Å². The Labute approximate surface area is 108 Å². The monoisotopic (exact) mass is 252 g/mol. The van der Waals surface area contributed by atoms with E-state index in [9.17, 15) is 4.79 Å². The molecule has 1 aromatic rings. The van der Waals surface area contributed by atoms with Crippen LogP contribution in [0.25, 0.3) is 0 Å². The lowest BCUT2D eigenvalue weighted by molar-refractivity contribution is -0.425. The van der Waals surface area contributed by atoms with Crippen LogP contribution in [0.3, 0.4) is 0 Å². The van der Waals surface area contributed by atoms with Crippen molar-refractivity contribution < 1.29 is 20.0 Å². The molecule has 1 rings (SSSR count). The van der Waals surface area contributed by atoms with Crippen LogP contribution in [0.2, 0.25) is 0 Å². The first kappa shape index (κ1) is 14.5. The number of hydrogen-bond acceptors (Lipinski definition) is 3. The summed E-state index contributed by atoms with van der Waals surface area (Å²) in [6, 6.07) is 7.60. The summed E-state index contributed by atoms with van der Waals surface area (Å²) in [4.78, 5) is 11.4. The van der Waals surface area contributed by atoms with Crippen molar-refractivity contribution in [2.75, 3.05) is 6.61 Å². The van der Waals surface area contributed by atoms with E-state index in [0.29, 0.717) is 13.0 Å². The molecule has 18 heavy (non-hydrogen) atoms. The Bertz CT molecular complexity index is 373. The summed E-state index contributed by atoms with van der Waals surface area (Å²) in [6.45, 7) is 6.18. The molecular weight excluding hydrogens is 230 g/mol. The first-order chi connectivity index (χ1) is 8.52. The molecular formula is C14H22NO3+. The van der Waals surface area contributed by atoms with Crippen LogP contribution in [-0.2, 0) is 9.53 Å². The van der Waals surface area contributed by atoms with Gasteiger partial charge < -0.3 is 15.2 Å². The summed E-state index contributed by atoms with van der Waals surface area (Å²) in [5.74, 6) is 0.622. The van der Waals surface area contributed by atoms with E-state index in [4.69, 9.17) is 9.47 Å². The van der Waals surface area contributed by atoms with E-state index in [2.05, 4.69) is 5.73 Å². The van der Waals surface area contributed by atoms with Gasteiger partial charge in [-0.1, -0.05) is 0 Å². The summed E-state index contributed by atoms with van der Waals surface area (Å²) in [7, 11) is 0. The quantitative estimate of drug-likeness (QED) is 0.784. The number of carbonyl (C=O) groups excluding carboxylic acids is 1. The molecule has 0 fully saturated rings. The maximum atomic E-state index is 11.4. The summed E-state index contributed by atoms with van der Waals surface area (Å²) < 4.78 is 10.5. The highest BCUT2D eigenvalue weighted by Crippen LogP contribution is 2.18. The molecule has 0 saturated heterocycles. The third-order valence-corrected chi connectivity index (χ3v) is 2.44. The fourth-order valence-electron chi connectivity index (χ4n) is 1.63. The van der Waals surface area contributed by atoms with Crippen LogP contribution in [0.5, 0.6) is 5.75 Å². The molecule has 0 heterocycles.